The zero-order valence-corrected chi connectivity index (χ0v) is 18.8. The number of ketones is 1. The molecule has 2 aromatic carbocycles. The van der Waals surface area contributed by atoms with Gasteiger partial charge in [-0.2, -0.15) is 4.72 Å². The van der Waals surface area contributed by atoms with Gasteiger partial charge < -0.3 is 5.32 Å². The first kappa shape index (κ1) is 22.4. The molecular weight excluding hydrogens is 502 g/mol. The van der Waals surface area contributed by atoms with Crippen LogP contribution in [0, 0.1) is 0 Å². The highest BCUT2D eigenvalue weighted by molar-refractivity contribution is 7.89. The van der Waals surface area contributed by atoms with Gasteiger partial charge in [0, 0.05) is 10.7 Å². The van der Waals surface area contributed by atoms with E-state index in [0.29, 0.717) is 10.7 Å². The molecule has 0 amide bonds. The maximum atomic E-state index is 13.0. The second kappa shape index (κ2) is 8.47. The molecule has 0 atom stereocenters. The van der Waals surface area contributed by atoms with Gasteiger partial charge in [-0.3, -0.25) is 4.79 Å². The van der Waals surface area contributed by atoms with Gasteiger partial charge in [0.05, 0.1) is 15.0 Å². The Hall–Kier alpha value is -1.25. The second-order valence-corrected chi connectivity index (χ2v) is 9.52. The van der Waals surface area contributed by atoms with Gasteiger partial charge in [-0.05, 0) is 36.4 Å². The number of Topliss-reactive ketones (excluding diaryl/α,β-unsaturated/α-hetero) is 1. The summed E-state index contributed by atoms with van der Waals surface area (Å²) in [5.41, 5.74) is -1.64. The molecule has 0 saturated heterocycles. The minimum Gasteiger partial charge on any atom is -0.357 e. The molecule has 1 aliphatic carbocycles. The number of halogens is 5. The van der Waals surface area contributed by atoms with Gasteiger partial charge in [-0.25, -0.2) is 8.42 Å². The molecule has 0 aromatic heterocycles. The smallest absolute Gasteiger partial charge is 0.243 e. The highest BCUT2D eigenvalue weighted by Gasteiger charge is 2.49. The van der Waals surface area contributed by atoms with Crippen molar-refractivity contribution in [2.45, 2.75) is 10.6 Å². The fourth-order valence-corrected chi connectivity index (χ4v) is 5.20. The number of nitrogens with one attached hydrogen (secondary N) is 2. The van der Waals surface area contributed by atoms with Gasteiger partial charge in [-0.15, -0.1) is 0 Å². The number of hydrogen-bond donors (Lipinski definition) is 2. The normalized spacial score (nSPS) is 16.9. The van der Waals surface area contributed by atoms with E-state index in [4.69, 9.17) is 58.0 Å². The molecule has 2 N–H and O–H groups in total. The van der Waals surface area contributed by atoms with Crippen LogP contribution < -0.4 is 10.0 Å². The number of rotatable bonds is 5. The number of allylic oxidation sites excluding steroid dienone is 2. The van der Waals surface area contributed by atoms with E-state index in [0.717, 1.165) is 0 Å². The average Bonchev–Trinajstić information content (AvgIpc) is 2.71. The van der Waals surface area contributed by atoms with E-state index in [1.165, 1.54) is 12.1 Å². The summed E-state index contributed by atoms with van der Waals surface area (Å²) in [4.78, 5) is 12.1. The van der Waals surface area contributed by atoms with Crippen molar-refractivity contribution < 1.29 is 13.2 Å². The fraction of sp³-hybridized carbons (Fsp3) is 0.0556. The summed E-state index contributed by atoms with van der Waals surface area (Å²) in [6, 6.07) is 13.8. The molecular formula is C18H11Cl5N2O3S. The van der Waals surface area contributed by atoms with Crippen molar-refractivity contribution in [3.63, 3.8) is 0 Å². The third-order valence-electron chi connectivity index (χ3n) is 3.96. The Kier molecular flexibility index (Phi) is 6.56. The van der Waals surface area contributed by atoms with Crippen LogP contribution in [0.1, 0.15) is 0 Å². The van der Waals surface area contributed by atoms with Crippen LogP contribution in [0.3, 0.4) is 0 Å². The minimum atomic E-state index is -4.18. The van der Waals surface area contributed by atoms with Crippen LogP contribution in [-0.4, -0.2) is 19.9 Å². The van der Waals surface area contributed by atoms with Gasteiger partial charge >= 0.3 is 0 Å². The number of hydrogen-bond acceptors (Lipinski definition) is 4. The first-order valence-electron chi connectivity index (χ1n) is 7.87. The number of carbonyl (C=O) groups is 1. The number of sulfonamides is 1. The molecule has 2 aromatic rings. The number of carbonyl (C=O) groups excluding carboxylic acids is 1. The molecule has 152 valence electrons. The fourth-order valence-electron chi connectivity index (χ4n) is 2.56. The molecule has 0 spiro atoms. The number of benzene rings is 2. The van der Waals surface area contributed by atoms with Crippen LogP contribution in [0.5, 0.6) is 0 Å². The Morgan fingerprint density at radius 1 is 0.759 bits per heavy atom. The van der Waals surface area contributed by atoms with E-state index < -0.39 is 31.5 Å². The summed E-state index contributed by atoms with van der Waals surface area (Å²) >= 11 is 30.7. The largest absolute Gasteiger partial charge is 0.357 e. The molecule has 0 heterocycles. The summed E-state index contributed by atoms with van der Waals surface area (Å²) < 4.78 is 28.5. The first-order valence-corrected chi connectivity index (χ1v) is 11.2. The molecule has 11 heteroatoms. The lowest BCUT2D eigenvalue weighted by atomic mass is 10.0. The van der Waals surface area contributed by atoms with Gasteiger partial charge in [0.15, 0.2) is 5.66 Å². The predicted molar refractivity (Wildman–Crippen MR) is 117 cm³/mol. The Balaban J connectivity index is 2.19. The molecule has 0 saturated carbocycles. The highest BCUT2D eigenvalue weighted by Crippen LogP contribution is 2.44. The maximum Gasteiger partial charge on any atom is 0.243 e. The maximum absolute atomic E-state index is 13.0. The lowest BCUT2D eigenvalue weighted by Crippen LogP contribution is -2.57. The van der Waals surface area contributed by atoms with E-state index >= 15 is 0 Å². The minimum absolute atomic E-state index is 0.0599. The van der Waals surface area contributed by atoms with Crippen LogP contribution in [0.25, 0.3) is 0 Å². The van der Waals surface area contributed by atoms with Gasteiger partial charge in [0.1, 0.15) is 10.1 Å². The highest BCUT2D eigenvalue weighted by atomic mass is 35.5. The van der Waals surface area contributed by atoms with Gasteiger partial charge in [0.25, 0.3) is 0 Å². The summed E-state index contributed by atoms with van der Waals surface area (Å²) in [5, 5.41) is 1.62. The molecule has 1 aliphatic rings. The molecule has 0 unspecified atom stereocenters. The van der Waals surface area contributed by atoms with Crippen molar-refractivity contribution in [3.8, 4) is 0 Å². The lowest BCUT2D eigenvalue weighted by Gasteiger charge is -2.38. The van der Waals surface area contributed by atoms with Crippen LogP contribution >= 0.6 is 58.0 Å². The second-order valence-electron chi connectivity index (χ2n) is 5.89. The third-order valence-corrected chi connectivity index (χ3v) is 7.54. The average molecular weight is 513 g/mol. The van der Waals surface area contributed by atoms with Gasteiger partial charge in [-0.1, -0.05) is 76.2 Å². The van der Waals surface area contributed by atoms with Crippen LogP contribution in [0.2, 0.25) is 5.02 Å². The van der Waals surface area contributed by atoms with Crippen molar-refractivity contribution in [3.05, 3.63) is 79.7 Å². The van der Waals surface area contributed by atoms with Crippen LogP contribution in [-0.2, 0) is 14.8 Å². The molecule has 0 fully saturated rings. The quantitative estimate of drug-likeness (QED) is 0.527. The SMILES string of the molecule is O=C1C(Cl)=C(Cl)C(Nc2ccc(Cl)cc2)(NS(=O)(=O)c2ccccc2)C(Cl)=C1Cl. The summed E-state index contributed by atoms with van der Waals surface area (Å²) in [6.07, 6.45) is 0. The summed E-state index contributed by atoms with van der Waals surface area (Å²) in [6.45, 7) is 0. The molecule has 0 bridgehead atoms. The third kappa shape index (κ3) is 4.30. The molecule has 0 aliphatic heterocycles. The summed E-state index contributed by atoms with van der Waals surface area (Å²) in [5.74, 6) is -0.823. The predicted octanol–water partition coefficient (Wildman–Crippen LogP) is 5.39. The standard InChI is InChI=1S/C18H11Cl5N2O3S/c19-10-6-8-11(9-7-10)24-18(16(22)13(20)15(26)14(21)17(18)23)25-29(27,28)12-4-2-1-3-5-12/h1-9,24-25H. The number of anilines is 1. The van der Waals surface area contributed by atoms with E-state index in [1.807, 2.05) is 0 Å². The molecule has 5 nitrogen and oxygen atoms in total. The van der Waals surface area contributed by atoms with Crippen molar-refractivity contribution in [1.29, 1.82) is 0 Å². The molecule has 0 radical (unpaired) electrons. The van der Waals surface area contributed by atoms with Crippen molar-refractivity contribution >= 4 is 79.5 Å². The zero-order chi connectivity index (χ0) is 21.4. The van der Waals surface area contributed by atoms with Crippen molar-refractivity contribution in [2.24, 2.45) is 0 Å². The Morgan fingerprint density at radius 3 is 1.79 bits per heavy atom. The first-order chi connectivity index (χ1) is 13.6. The topological polar surface area (TPSA) is 75.3 Å². The lowest BCUT2D eigenvalue weighted by molar-refractivity contribution is -0.111. The Labute approximate surface area is 192 Å². The monoisotopic (exact) mass is 510 g/mol. The van der Waals surface area contributed by atoms with Gasteiger partial charge in [0.2, 0.25) is 15.8 Å². The summed E-state index contributed by atoms with van der Waals surface area (Å²) in [7, 11) is -4.18. The Bertz CT molecular complexity index is 1100. The van der Waals surface area contributed by atoms with E-state index in [9.17, 15) is 13.2 Å². The Morgan fingerprint density at radius 2 is 1.28 bits per heavy atom. The zero-order valence-electron chi connectivity index (χ0n) is 14.2. The molecule has 3 rings (SSSR count). The van der Waals surface area contributed by atoms with Crippen molar-refractivity contribution in [1.82, 2.24) is 4.72 Å². The van der Waals surface area contributed by atoms with E-state index in [2.05, 4.69) is 10.0 Å². The molecule has 29 heavy (non-hydrogen) atoms. The van der Waals surface area contributed by atoms with Crippen molar-refractivity contribution in [2.75, 3.05) is 5.32 Å². The van der Waals surface area contributed by atoms with E-state index in [-0.39, 0.29) is 15.0 Å². The van der Waals surface area contributed by atoms with Crippen LogP contribution in [0.15, 0.2) is 79.6 Å². The van der Waals surface area contributed by atoms with E-state index in [1.54, 1.807) is 42.5 Å². The van der Waals surface area contributed by atoms with Crippen LogP contribution in [0.4, 0.5) is 5.69 Å².